The predicted molar refractivity (Wildman–Crippen MR) is 101 cm³/mol. The van der Waals surface area contributed by atoms with Gasteiger partial charge in [-0.15, -0.1) is 11.3 Å². The first-order chi connectivity index (χ1) is 11.9. The lowest BCUT2D eigenvalue weighted by atomic mass is 9.93. The first-order valence-corrected chi connectivity index (χ1v) is 9.08. The van der Waals surface area contributed by atoms with Crippen LogP contribution >= 0.6 is 11.3 Å². The number of carbonyl (C=O) groups excluding carboxylic acids is 1. The highest BCUT2D eigenvalue weighted by atomic mass is 32.1. The van der Waals surface area contributed by atoms with Crippen molar-refractivity contribution in [3.63, 3.8) is 0 Å². The van der Waals surface area contributed by atoms with Gasteiger partial charge in [0.05, 0.1) is 0 Å². The monoisotopic (exact) mass is 355 g/mol. The van der Waals surface area contributed by atoms with Gasteiger partial charge >= 0.3 is 0 Å². The third kappa shape index (κ3) is 3.64. The van der Waals surface area contributed by atoms with Crippen molar-refractivity contribution in [3.05, 3.63) is 69.1 Å². The molecule has 0 bridgehead atoms. The van der Waals surface area contributed by atoms with Gasteiger partial charge < -0.3 is 5.32 Å². The molecule has 0 aliphatic rings. The molecule has 0 saturated carbocycles. The van der Waals surface area contributed by atoms with Gasteiger partial charge in [-0.05, 0) is 12.0 Å². The van der Waals surface area contributed by atoms with E-state index in [1.165, 1.54) is 17.5 Å². The smallest absolute Gasteiger partial charge is 0.271 e. The number of nitrogens with one attached hydrogen (secondary N) is 1. The summed E-state index contributed by atoms with van der Waals surface area (Å²) in [4.78, 5) is 30.1. The van der Waals surface area contributed by atoms with Crippen molar-refractivity contribution in [2.45, 2.75) is 32.6 Å². The molecule has 0 saturated heterocycles. The van der Waals surface area contributed by atoms with E-state index in [0.29, 0.717) is 11.5 Å². The molecule has 130 valence electrons. The molecule has 1 amide bonds. The van der Waals surface area contributed by atoms with Crippen LogP contribution in [0.1, 0.15) is 42.4 Å². The minimum atomic E-state index is -0.381. The van der Waals surface area contributed by atoms with Crippen LogP contribution in [0.3, 0.4) is 0 Å². The van der Waals surface area contributed by atoms with Crippen molar-refractivity contribution in [1.29, 1.82) is 0 Å². The minimum absolute atomic E-state index is 0.0782. The molecule has 25 heavy (non-hydrogen) atoms. The number of hydrogen-bond acceptors (Lipinski definition) is 4. The predicted octanol–water partition coefficient (Wildman–Crippen LogP) is 3.03. The van der Waals surface area contributed by atoms with Gasteiger partial charge in [-0.25, -0.2) is 4.98 Å². The number of aromatic nitrogens is 2. The van der Waals surface area contributed by atoms with Crippen LogP contribution < -0.4 is 10.9 Å². The molecule has 5 nitrogen and oxygen atoms in total. The Morgan fingerprint density at radius 1 is 1.24 bits per heavy atom. The Kier molecular flexibility index (Phi) is 4.72. The second-order valence-corrected chi connectivity index (χ2v) is 7.79. The number of carbonyl (C=O) groups is 1. The van der Waals surface area contributed by atoms with Gasteiger partial charge in [0, 0.05) is 29.2 Å². The summed E-state index contributed by atoms with van der Waals surface area (Å²) in [6.45, 7) is 6.58. The second-order valence-electron chi connectivity index (χ2n) is 6.96. The zero-order valence-corrected chi connectivity index (χ0v) is 15.4. The SMILES string of the molecule is CC(C)(C)c1csc2ncc(C(=O)NCCc3ccccc3)c(=O)n12. The first-order valence-electron chi connectivity index (χ1n) is 8.20. The molecule has 0 unspecified atom stereocenters. The molecule has 1 N–H and O–H groups in total. The van der Waals surface area contributed by atoms with E-state index in [9.17, 15) is 9.59 Å². The fourth-order valence-corrected chi connectivity index (χ4v) is 3.70. The van der Waals surface area contributed by atoms with Gasteiger partial charge in [-0.2, -0.15) is 0 Å². The Morgan fingerprint density at radius 3 is 2.64 bits per heavy atom. The van der Waals surface area contributed by atoms with Crippen LogP contribution in [0.4, 0.5) is 0 Å². The summed E-state index contributed by atoms with van der Waals surface area (Å²) in [5.74, 6) is -0.381. The number of fused-ring (bicyclic) bond motifs is 1. The maximum atomic E-state index is 12.8. The summed E-state index contributed by atoms with van der Waals surface area (Å²) in [6.07, 6.45) is 2.09. The van der Waals surface area contributed by atoms with Crippen LogP contribution in [0.5, 0.6) is 0 Å². The van der Waals surface area contributed by atoms with Gasteiger partial charge in [-0.1, -0.05) is 51.1 Å². The van der Waals surface area contributed by atoms with Crippen molar-refractivity contribution in [3.8, 4) is 0 Å². The number of rotatable bonds is 4. The number of benzene rings is 1. The molecule has 0 aliphatic carbocycles. The standard InChI is InChI=1S/C19H21N3O2S/c1-19(2,3)15-12-25-18-21-11-14(17(24)22(15)18)16(23)20-10-9-13-7-5-4-6-8-13/h4-8,11-12H,9-10H2,1-3H3,(H,20,23). The van der Waals surface area contributed by atoms with Crippen LogP contribution in [-0.4, -0.2) is 21.8 Å². The second kappa shape index (κ2) is 6.80. The van der Waals surface area contributed by atoms with Crippen molar-refractivity contribution in [2.24, 2.45) is 0 Å². The number of nitrogens with zero attached hydrogens (tertiary/aromatic N) is 2. The van der Waals surface area contributed by atoms with Gasteiger partial charge in [0.15, 0.2) is 4.96 Å². The lowest BCUT2D eigenvalue weighted by molar-refractivity contribution is 0.0952. The Balaban J connectivity index is 1.82. The molecular formula is C19H21N3O2S. The molecular weight excluding hydrogens is 334 g/mol. The molecule has 3 aromatic rings. The van der Waals surface area contributed by atoms with Crippen molar-refractivity contribution >= 4 is 22.2 Å². The number of hydrogen-bond donors (Lipinski definition) is 1. The van der Waals surface area contributed by atoms with Gasteiger partial charge in [0.25, 0.3) is 11.5 Å². The van der Waals surface area contributed by atoms with Crippen LogP contribution in [0.2, 0.25) is 0 Å². The molecule has 3 rings (SSSR count). The topological polar surface area (TPSA) is 63.5 Å². The lowest BCUT2D eigenvalue weighted by Crippen LogP contribution is -2.34. The normalized spacial score (nSPS) is 11.6. The summed E-state index contributed by atoms with van der Waals surface area (Å²) >= 11 is 1.41. The molecule has 0 aliphatic heterocycles. The molecule has 0 spiro atoms. The van der Waals surface area contributed by atoms with Gasteiger partial charge in [0.2, 0.25) is 0 Å². The van der Waals surface area contributed by atoms with Crippen LogP contribution in [0, 0.1) is 0 Å². The maximum absolute atomic E-state index is 12.8. The zero-order valence-electron chi connectivity index (χ0n) is 14.6. The quantitative estimate of drug-likeness (QED) is 0.782. The highest BCUT2D eigenvalue weighted by Gasteiger charge is 2.22. The van der Waals surface area contributed by atoms with Gasteiger partial charge in [-0.3, -0.25) is 14.0 Å². The fraction of sp³-hybridized carbons (Fsp3) is 0.316. The van der Waals surface area contributed by atoms with Crippen molar-refractivity contribution in [1.82, 2.24) is 14.7 Å². The Bertz CT molecular complexity index is 952. The van der Waals surface area contributed by atoms with Crippen molar-refractivity contribution in [2.75, 3.05) is 6.54 Å². The largest absolute Gasteiger partial charge is 0.351 e. The van der Waals surface area contributed by atoms with E-state index in [0.717, 1.165) is 17.7 Å². The van der Waals surface area contributed by atoms with E-state index in [4.69, 9.17) is 0 Å². The highest BCUT2D eigenvalue weighted by molar-refractivity contribution is 7.15. The van der Waals surface area contributed by atoms with Crippen molar-refractivity contribution < 1.29 is 4.79 Å². The van der Waals surface area contributed by atoms with Crippen LogP contribution in [-0.2, 0) is 11.8 Å². The van der Waals surface area contributed by atoms with E-state index >= 15 is 0 Å². The summed E-state index contributed by atoms with van der Waals surface area (Å²) in [5, 5.41) is 4.75. The molecule has 0 radical (unpaired) electrons. The minimum Gasteiger partial charge on any atom is -0.351 e. The van der Waals surface area contributed by atoms with E-state index in [-0.39, 0.29) is 22.4 Å². The van der Waals surface area contributed by atoms with Crippen LogP contribution in [0.25, 0.3) is 4.96 Å². The summed E-state index contributed by atoms with van der Waals surface area (Å²) in [5.41, 5.74) is 1.57. The molecule has 2 aromatic heterocycles. The lowest BCUT2D eigenvalue weighted by Gasteiger charge is -2.17. The summed E-state index contributed by atoms with van der Waals surface area (Å²) in [7, 11) is 0. The average molecular weight is 355 g/mol. The molecule has 0 atom stereocenters. The maximum Gasteiger partial charge on any atom is 0.271 e. The third-order valence-electron chi connectivity index (χ3n) is 4.00. The summed E-state index contributed by atoms with van der Waals surface area (Å²) in [6, 6.07) is 9.90. The molecule has 1 aromatic carbocycles. The Morgan fingerprint density at radius 2 is 1.96 bits per heavy atom. The average Bonchev–Trinajstić information content (AvgIpc) is 3.01. The van der Waals surface area contributed by atoms with E-state index in [2.05, 4.69) is 10.3 Å². The Hall–Kier alpha value is -2.47. The molecule has 2 heterocycles. The van der Waals surface area contributed by atoms with E-state index in [1.807, 2.05) is 56.5 Å². The highest BCUT2D eigenvalue weighted by Crippen LogP contribution is 2.25. The third-order valence-corrected chi connectivity index (χ3v) is 4.84. The molecule has 6 heteroatoms. The van der Waals surface area contributed by atoms with Gasteiger partial charge in [0.1, 0.15) is 5.56 Å². The van der Waals surface area contributed by atoms with Crippen LogP contribution in [0.15, 0.2) is 46.7 Å². The zero-order chi connectivity index (χ0) is 18.0. The first kappa shape index (κ1) is 17.4. The fourth-order valence-electron chi connectivity index (χ4n) is 2.63. The summed E-state index contributed by atoms with van der Waals surface area (Å²) < 4.78 is 1.55. The number of amides is 1. The number of thiazole rings is 1. The molecule has 0 fully saturated rings. The van der Waals surface area contributed by atoms with E-state index in [1.54, 1.807) is 4.40 Å². The Labute approximate surface area is 150 Å². The van der Waals surface area contributed by atoms with E-state index < -0.39 is 0 Å².